The lowest BCUT2D eigenvalue weighted by atomic mass is 10.4. The third-order valence-electron chi connectivity index (χ3n) is 1.11. The van der Waals surface area contributed by atoms with Crippen LogP contribution in [0.3, 0.4) is 0 Å². The van der Waals surface area contributed by atoms with Crippen LogP contribution in [0.15, 0.2) is 35.2 Å². The van der Waals surface area contributed by atoms with Crippen LogP contribution in [0.4, 0.5) is 0 Å². The average Bonchev–Trinajstić information content (AvgIpc) is 2.06. The maximum atomic E-state index is 11.2. The Morgan fingerprint density at radius 1 is 1.18 bits per heavy atom. The summed E-state index contributed by atoms with van der Waals surface area (Å²) >= 11 is 1.76. The first-order chi connectivity index (χ1) is 5.17. The van der Waals surface area contributed by atoms with Gasteiger partial charge < -0.3 is 0 Å². The molecular formula is C6H5IO2S2. The summed E-state index contributed by atoms with van der Waals surface area (Å²) in [5.41, 5.74) is 0. The summed E-state index contributed by atoms with van der Waals surface area (Å²) < 4.78 is 22.3. The Morgan fingerprint density at radius 3 is 2.18 bits per heavy atom. The van der Waals surface area contributed by atoms with Gasteiger partial charge in [-0.25, -0.2) is 8.42 Å². The van der Waals surface area contributed by atoms with Crippen molar-refractivity contribution in [3.63, 3.8) is 0 Å². The van der Waals surface area contributed by atoms with Crippen LogP contribution in [0.5, 0.6) is 0 Å². The summed E-state index contributed by atoms with van der Waals surface area (Å²) in [5.74, 6) is 0. The molecule has 1 aromatic rings. The maximum absolute atomic E-state index is 11.2. The smallest absolute Gasteiger partial charge is 0.211 e. The molecule has 0 amide bonds. The molecule has 0 aliphatic carbocycles. The molecule has 0 atom stereocenters. The van der Waals surface area contributed by atoms with E-state index in [1.54, 1.807) is 51.5 Å². The van der Waals surface area contributed by atoms with E-state index in [1.807, 2.05) is 0 Å². The minimum absolute atomic E-state index is 0.361. The van der Waals surface area contributed by atoms with Gasteiger partial charge in [-0.15, -0.1) is 0 Å². The molecule has 1 rings (SSSR count). The summed E-state index contributed by atoms with van der Waals surface area (Å²) in [6.45, 7) is 0. The van der Waals surface area contributed by atoms with Crippen molar-refractivity contribution in [1.29, 1.82) is 0 Å². The second-order valence-electron chi connectivity index (χ2n) is 1.83. The van der Waals surface area contributed by atoms with Gasteiger partial charge in [0.25, 0.3) is 0 Å². The molecule has 0 saturated heterocycles. The van der Waals surface area contributed by atoms with Crippen molar-refractivity contribution in [1.82, 2.24) is 0 Å². The normalized spacial score (nSPS) is 11.4. The van der Waals surface area contributed by atoms with Crippen molar-refractivity contribution in [3.05, 3.63) is 30.3 Å². The highest BCUT2D eigenvalue weighted by molar-refractivity contribution is 14.2. The van der Waals surface area contributed by atoms with Gasteiger partial charge in [-0.3, -0.25) is 0 Å². The maximum Gasteiger partial charge on any atom is 0.239 e. The van der Waals surface area contributed by atoms with Crippen LogP contribution in [0.2, 0.25) is 0 Å². The van der Waals surface area contributed by atoms with Crippen LogP contribution < -0.4 is 0 Å². The molecule has 2 nitrogen and oxygen atoms in total. The molecule has 1 aromatic carbocycles. The lowest BCUT2D eigenvalue weighted by Crippen LogP contribution is -1.90. The minimum atomic E-state index is -3.09. The fourth-order valence-corrected chi connectivity index (χ4v) is 3.61. The van der Waals surface area contributed by atoms with Gasteiger partial charge in [0.2, 0.25) is 8.87 Å². The van der Waals surface area contributed by atoms with Crippen LogP contribution >= 0.6 is 29.2 Å². The topological polar surface area (TPSA) is 34.1 Å². The van der Waals surface area contributed by atoms with E-state index in [1.165, 1.54) is 0 Å². The molecule has 0 unspecified atom stereocenters. The highest BCUT2D eigenvalue weighted by atomic mass is 127. The zero-order valence-corrected chi connectivity index (χ0v) is 9.19. The van der Waals surface area contributed by atoms with E-state index in [0.29, 0.717) is 4.90 Å². The van der Waals surface area contributed by atoms with Gasteiger partial charge in [-0.1, -0.05) is 18.2 Å². The number of hydrogen-bond donors (Lipinski definition) is 0. The van der Waals surface area contributed by atoms with E-state index in [2.05, 4.69) is 0 Å². The van der Waals surface area contributed by atoms with Crippen molar-refractivity contribution < 1.29 is 8.42 Å². The summed E-state index contributed by atoms with van der Waals surface area (Å²) in [7, 11) is -2.27. The molecule has 0 heterocycles. The van der Waals surface area contributed by atoms with Crippen molar-refractivity contribution in [2.45, 2.75) is 4.90 Å². The highest BCUT2D eigenvalue weighted by Gasteiger charge is 2.11. The molecule has 0 N–H and O–H groups in total. The van der Waals surface area contributed by atoms with Gasteiger partial charge >= 0.3 is 0 Å². The predicted molar refractivity (Wildman–Crippen MR) is 55.2 cm³/mol. The first-order valence-corrected chi connectivity index (χ1v) is 8.13. The van der Waals surface area contributed by atoms with E-state index in [0.717, 1.165) is 7.97 Å². The van der Waals surface area contributed by atoms with E-state index in [9.17, 15) is 8.42 Å². The van der Waals surface area contributed by atoms with Crippen molar-refractivity contribution in [2.24, 2.45) is 0 Å². The lowest BCUT2D eigenvalue weighted by Gasteiger charge is -1.95. The molecule has 11 heavy (non-hydrogen) atoms. The second kappa shape index (κ2) is 3.77. The SMILES string of the molecule is O=S(=O)(SI)c1ccccc1. The molecule has 0 radical (unpaired) electrons. The average molecular weight is 300 g/mol. The van der Waals surface area contributed by atoms with Crippen LogP contribution in [-0.2, 0) is 8.87 Å². The molecule has 0 bridgehead atoms. The fraction of sp³-hybridized carbons (Fsp3) is 0. The van der Waals surface area contributed by atoms with Crippen LogP contribution in [0, 0.1) is 0 Å². The van der Waals surface area contributed by atoms with Crippen LogP contribution in [0.1, 0.15) is 0 Å². The standard InChI is InChI=1S/C6H5IO2S2/c7-10-11(8,9)6-4-2-1-3-5-6/h1-5H. The summed E-state index contributed by atoms with van der Waals surface area (Å²) in [6.07, 6.45) is 0. The predicted octanol–water partition coefficient (Wildman–Crippen LogP) is 2.46. The van der Waals surface area contributed by atoms with E-state index >= 15 is 0 Å². The number of hydrogen-bond acceptors (Lipinski definition) is 3. The Labute approximate surface area is 81.3 Å². The Balaban J connectivity index is 3.14. The van der Waals surface area contributed by atoms with Gasteiger partial charge in [0, 0.05) is 29.2 Å². The van der Waals surface area contributed by atoms with E-state index < -0.39 is 8.87 Å². The van der Waals surface area contributed by atoms with Gasteiger partial charge in [-0.2, -0.15) is 0 Å². The first-order valence-electron chi connectivity index (χ1n) is 2.77. The van der Waals surface area contributed by atoms with Crippen molar-refractivity contribution >= 4 is 38.0 Å². The monoisotopic (exact) mass is 300 g/mol. The third kappa shape index (κ3) is 2.34. The summed E-state index contributed by atoms with van der Waals surface area (Å²) in [5, 5.41) is 0. The Morgan fingerprint density at radius 2 is 1.73 bits per heavy atom. The van der Waals surface area contributed by atoms with Crippen molar-refractivity contribution in [3.8, 4) is 0 Å². The molecule has 0 aliphatic heterocycles. The summed E-state index contributed by atoms with van der Waals surface area (Å²) in [4.78, 5) is 0.361. The van der Waals surface area contributed by atoms with Gasteiger partial charge in [0.05, 0.1) is 4.90 Å². The summed E-state index contributed by atoms with van der Waals surface area (Å²) in [6, 6.07) is 8.37. The number of benzene rings is 1. The van der Waals surface area contributed by atoms with Gasteiger partial charge in [0.15, 0.2) is 0 Å². The minimum Gasteiger partial charge on any atom is -0.211 e. The molecule has 0 saturated carbocycles. The fourth-order valence-electron chi connectivity index (χ4n) is 0.624. The largest absolute Gasteiger partial charge is 0.239 e. The molecule has 0 spiro atoms. The lowest BCUT2D eigenvalue weighted by molar-refractivity contribution is 0.611. The first kappa shape index (κ1) is 9.34. The second-order valence-corrected chi connectivity index (χ2v) is 8.27. The zero-order chi connectivity index (χ0) is 8.32. The Bertz CT molecular complexity index is 320. The molecule has 60 valence electrons. The van der Waals surface area contributed by atoms with Crippen LogP contribution in [0.25, 0.3) is 0 Å². The molecule has 5 heteroatoms. The van der Waals surface area contributed by atoms with Crippen LogP contribution in [-0.4, -0.2) is 8.42 Å². The third-order valence-corrected chi connectivity index (χ3v) is 7.47. The molecule has 0 aliphatic rings. The quantitative estimate of drug-likeness (QED) is 0.621. The van der Waals surface area contributed by atoms with Gasteiger partial charge in [-0.05, 0) is 12.1 Å². The molecule has 0 fully saturated rings. The number of halogens is 1. The van der Waals surface area contributed by atoms with E-state index in [-0.39, 0.29) is 0 Å². The highest BCUT2D eigenvalue weighted by Crippen LogP contribution is 2.28. The van der Waals surface area contributed by atoms with Crippen molar-refractivity contribution in [2.75, 3.05) is 0 Å². The Kier molecular flexibility index (Phi) is 3.20. The molecule has 0 aromatic heterocycles. The van der Waals surface area contributed by atoms with Gasteiger partial charge in [0.1, 0.15) is 0 Å². The Hall–Kier alpha value is 0.250. The number of rotatable bonds is 2. The zero-order valence-electron chi connectivity index (χ0n) is 5.40. The molecular weight excluding hydrogens is 295 g/mol. The van der Waals surface area contributed by atoms with E-state index in [4.69, 9.17) is 0 Å².